The molecule has 0 unspecified atom stereocenters. The Hall–Kier alpha value is -0.490. The zero-order valence-electron chi connectivity index (χ0n) is 12.2. The lowest BCUT2D eigenvalue weighted by molar-refractivity contribution is 0.144. The van der Waals surface area contributed by atoms with E-state index in [1.807, 2.05) is 0 Å². The van der Waals surface area contributed by atoms with Crippen LogP contribution in [-0.2, 0) is 9.05 Å². The van der Waals surface area contributed by atoms with E-state index in [0.29, 0.717) is 6.54 Å². The molecule has 0 saturated heterocycles. The summed E-state index contributed by atoms with van der Waals surface area (Å²) in [5.41, 5.74) is 0. The van der Waals surface area contributed by atoms with E-state index in [1.54, 1.807) is 0 Å². The SMILES string of the molecule is CCCCCCCCCN(CCCS(=O)(=O)Cl)C(=O)O. The van der Waals surface area contributed by atoms with Gasteiger partial charge in [-0.25, -0.2) is 13.2 Å². The summed E-state index contributed by atoms with van der Waals surface area (Å²) >= 11 is 0. The van der Waals surface area contributed by atoms with Crippen molar-refractivity contribution in [2.45, 2.75) is 58.3 Å². The first kappa shape index (κ1) is 19.5. The number of carbonyl (C=O) groups is 1. The van der Waals surface area contributed by atoms with E-state index in [0.717, 1.165) is 19.3 Å². The lowest BCUT2D eigenvalue weighted by atomic mass is 10.1. The van der Waals surface area contributed by atoms with Crippen molar-refractivity contribution >= 4 is 25.8 Å². The molecule has 0 bridgehead atoms. The molecular formula is C13H26ClNO4S. The molecular weight excluding hydrogens is 302 g/mol. The van der Waals surface area contributed by atoms with Gasteiger partial charge in [-0.3, -0.25) is 0 Å². The van der Waals surface area contributed by atoms with Crippen molar-refractivity contribution in [1.82, 2.24) is 4.90 Å². The summed E-state index contributed by atoms with van der Waals surface area (Å²) in [7, 11) is 1.56. The molecule has 0 aliphatic rings. The molecule has 0 aliphatic heterocycles. The van der Waals surface area contributed by atoms with Crippen molar-refractivity contribution in [3.8, 4) is 0 Å². The minimum atomic E-state index is -3.53. The highest BCUT2D eigenvalue weighted by atomic mass is 35.7. The summed E-state index contributed by atoms with van der Waals surface area (Å²) < 4.78 is 21.5. The fraction of sp³-hybridized carbons (Fsp3) is 0.923. The number of carboxylic acid groups (broad SMARTS) is 1. The van der Waals surface area contributed by atoms with E-state index in [1.165, 1.54) is 30.6 Å². The maximum Gasteiger partial charge on any atom is 0.407 e. The molecule has 5 nitrogen and oxygen atoms in total. The molecule has 0 aromatic carbocycles. The monoisotopic (exact) mass is 327 g/mol. The number of hydrogen-bond acceptors (Lipinski definition) is 3. The lowest BCUT2D eigenvalue weighted by Crippen LogP contribution is -2.32. The molecule has 0 heterocycles. The number of hydrogen-bond donors (Lipinski definition) is 1. The van der Waals surface area contributed by atoms with E-state index in [9.17, 15) is 13.2 Å². The molecule has 1 amide bonds. The number of halogens is 1. The quantitative estimate of drug-likeness (QED) is 0.438. The van der Waals surface area contributed by atoms with Crippen molar-refractivity contribution in [3.63, 3.8) is 0 Å². The van der Waals surface area contributed by atoms with Gasteiger partial charge in [0.1, 0.15) is 0 Å². The summed E-state index contributed by atoms with van der Waals surface area (Å²) in [4.78, 5) is 12.3. The molecule has 0 atom stereocenters. The van der Waals surface area contributed by atoms with Crippen LogP contribution in [0.5, 0.6) is 0 Å². The molecule has 0 saturated carbocycles. The van der Waals surface area contributed by atoms with Crippen LogP contribution < -0.4 is 0 Å². The van der Waals surface area contributed by atoms with Crippen molar-refractivity contribution in [1.29, 1.82) is 0 Å². The third kappa shape index (κ3) is 12.5. The predicted octanol–water partition coefficient (Wildman–Crippen LogP) is 3.68. The van der Waals surface area contributed by atoms with E-state index < -0.39 is 15.1 Å². The van der Waals surface area contributed by atoms with Gasteiger partial charge < -0.3 is 10.0 Å². The molecule has 1 N–H and O–H groups in total. The Labute approximate surface area is 126 Å². The van der Waals surface area contributed by atoms with Gasteiger partial charge in [0, 0.05) is 23.8 Å². The summed E-state index contributed by atoms with van der Waals surface area (Å²) in [6.07, 6.45) is 7.14. The summed E-state index contributed by atoms with van der Waals surface area (Å²) in [5.74, 6) is -0.185. The highest BCUT2D eigenvalue weighted by Gasteiger charge is 2.13. The summed E-state index contributed by atoms with van der Waals surface area (Å²) in [6, 6.07) is 0. The van der Waals surface area contributed by atoms with Gasteiger partial charge in [-0.2, -0.15) is 0 Å². The second-order valence-electron chi connectivity index (χ2n) is 4.99. The van der Waals surface area contributed by atoms with Crippen molar-refractivity contribution < 1.29 is 18.3 Å². The Morgan fingerprint density at radius 1 is 1.00 bits per heavy atom. The molecule has 0 spiro atoms. The molecule has 0 fully saturated rings. The molecule has 120 valence electrons. The zero-order chi connectivity index (χ0) is 15.4. The summed E-state index contributed by atoms with van der Waals surface area (Å²) in [5, 5.41) is 9.02. The minimum Gasteiger partial charge on any atom is -0.465 e. The van der Waals surface area contributed by atoms with Crippen molar-refractivity contribution in [2.75, 3.05) is 18.8 Å². The molecule has 0 rings (SSSR count). The summed E-state index contributed by atoms with van der Waals surface area (Å²) in [6.45, 7) is 2.86. The van der Waals surface area contributed by atoms with Gasteiger partial charge in [-0.05, 0) is 12.8 Å². The second kappa shape index (κ2) is 11.2. The highest BCUT2D eigenvalue weighted by molar-refractivity contribution is 8.13. The normalized spacial score (nSPS) is 11.5. The first-order valence-electron chi connectivity index (χ1n) is 7.27. The Bertz CT molecular complexity index is 359. The van der Waals surface area contributed by atoms with Gasteiger partial charge in [-0.15, -0.1) is 0 Å². The van der Waals surface area contributed by atoms with Gasteiger partial charge in [0.2, 0.25) is 9.05 Å². The Morgan fingerprint density at radius 3 is 2.00 bits per heavy atom. The van der Waals surface area contributed by atoms with Gasteiger partial charge in [0.15, 0.2) is 0 Å². The van der Waals surface area contributed by atoms with Crippen LogP contribution >= 0.6 is 10.7 Å². The number of nitrogens with zero attached hydrogens (tertiary/aromatic N) is 1. The first-order valence-corrected chi connectivity index (χ1v) is 9.75. The van der Waals surface area contributed by atoms with Crippen LogP contribution in [0.4, 0.5) is 4.79 Å². The standard InChI is InChI=1S/C13H26ClNO4S/c1-2-3-4-5-6-7-8-10-15(13(16)17)11-9-12-20(14,18)19/h2-12H2,1H3,(H,16,17). The smallest absolute Gasteiger partial charge is 0.407 e. The van der Waals surface area contributed by atoms with E-state index in [2.05, 4.69) is 6.92 Å². The van der Waals surface area contributed by atoms with Gasteiger partial charge in [-0.1, -0.05) is 45.4 Å². The average Bonchev–Trinajstić information content (AvgIpc) is 2.33. The molecule has 0 radical (unpaired) electrons. The molecule has 0 aromatic rings. The minimum absolute atomic E-state index is 0.185. The fourth-order valence-electron chi connectivity index (χ4n) is 1.99. The zero-order valence-corrected chi connectivity index (χ0v) is 13.8. The Kier molecular flexibility index (Phi) is 10.9. The van der Waals surface area contributed by atoms with Crippen LogP contribution in [0.2, 0.25) is 0 Å². The molecule has 20 heavy (non-hydrogen) atoms. The van der Waals surface area contributed by atoms with Gasteiger partial charge in [0.05, 0.1) is 5.75 Å². The van der Waals surface area contributed by atoms with Crippen LogP contribution in [0, 0.1) is 0 Å². The molecule has 7 heteroatoms. The molecule has 0 aliphatic carbocycles. The fourth-order valence-corrected chi connectivity index (χ4v) is 2.79. The van der Waals surface area contributed by atoms with Crippen LogP contribution in [0.15, 0.2) is 0 Å². The van der Waals surface area contributed by atoms with Crippen LogP contribution in [-0.4, -0.2) is 43.4 Å². The van der Waals surface area contributed by atoms with Gasteiger partial charge in [0.25, 0.3) is 0 Å². The topological polar surface area (TPSA) is 74.7 Å². The van der Waals surface area contributed by atoms with Gasteiger partial charge >= 0.3 is 6.09 Å². The van der Waals surface area contributed by atoms with E-state index in [-0.39, 0.29) is 18.7 Å². The average molecular weight is 328 g/mol. The number of unbranched alkanes of at least 4 members (excludes halogenated alkanes) is 6. The van der Waals surface area contributed by atoms with Crippen LogP contribution in [0.3, 0.4) is 0 Å². The van der Waals surface area contributed by atoms with E-state index in [4.69, 9.17) is 15.8 Å². The predicted molar refractivity (Wildman–Crippen MR) is 81.8 cm³/mol. The number of amides is 1. The van der Waals surface area contributed by atoms with Crippen molar-refractivity contribution in [3.05, 3.63) is 0 Å². The largest absolute Gasteiger partial charge is 0.465 e. The second-order valence-corrected chi connectivity index (χ2v) is 7.88. The maximum atomic E-state index is 11.0. The third-order valence-electron chi connectivity index (χ3n) is 3.12. The van der Waals surface area contributed by atoms with Crippen molar-refractivity contribution in [2.24, 2.45) is 0 Å². The lowest BCUT2D eigenvalue weighted by Gasteiger charge is -2.18. The third-order valence-corrected chi connectivity index (χ3v) is 4.36. The first-order chi connectivity index (χ1) is 9.37. The highest BCUT2D eigenvalue weighted by Crippen LogP contribution is 2.08. The maximum absolute atomic E-state index is 11.0. The van der Waals surface area contributed by atoms with E-state index >= 15 is 0 Å². The Balaban J connectivity index is 3.73. The van der Waals surface area contributed by atoms with Crippen LogP contribution in [0.1, 0.15) is 58.3 Å². The number of rotatable bonds is 12. The Morgan fingerprint density at radius 2 is 1.50 bits per heavy atom. The molecule has 0 aromatic heterocycles. The van der Waals surface area contributed by atoms with Crippen LogP contribution in [0.25, 0.3) is 0 Å².